The highest BCUT2D eigenvalue weighted by Gasteiger charge is 2.69. The molecule has 1 fully saturated rings. The van der Waals surface area contributed by atoms with Crippen molar-refractivity contribution < 1.29 is 19.4 Å². The molecule has 2 spiro atoms. The second-order valence-electron chi connectivity index (χ2n) is 7.59. The topological polar surface area (TPSA) is 78.9 Å². The molecule has 1 saturated heterocycles. The number of aromatic hydroxyl groups is 1. The SMILES string of the molecule is CN1C(=O)NC2(C1=O)c1cc(O)ccc1OC21CCc2ccccc2CC1. The lowest BCUT2D eigenvalue weighted by atomic mass is 9.71. The first kappa shape index (κ1) is 16.2. The molecule has 5 rings (SSSR count). The zero-order valence-corrected chi connectivity index (χ0v) is 15.0. The molecule has 3 aliphatic rings. The molecule has 2 aliphatic heterocycles. The average Bonchev–Trinajstić information content (AvgIpc) is 2.96. The summed E-state index contributed by atoms with van der Waals surface area (Å²) in [5.41, 5.74) is 0.833. The van der Waals surface area contributed by atoms with E-state index < -0.39 is 17.2 Å². The average molecular weight is 364 g/mol. The lowest BCUT2D eigenvalue weighted by molar-refractivity contribution is -0.138. The van der Waals surface area contributed by atoms with Crippen molar-refractivity contribution in [3.05, 3.63) is 59.2 Å². The molecule has 2 N–H and O–H groups in total. The molecule has 138 valence electrons. The highest BCUT2D eigenvalue weighted by atomic mass is 16.5. The minimum atomic E-state index is -1.31. The normalized spacial score (nSPS) is 25.1. The molecule has 0 saturated carbocycles. The molecule has 1 atom stereocenters. The highest BCUT2D eigenvalue weighted by molar-refractivity contribution is 6.09. The molecule has 6 heteroatoms. The van der Waals surface area contributed by atoms with E-state index in [2.05, 4.69) is 17.4 Å². The van der Waals surface area contributed by atoms with Crippen molar-refractivity contribution >= 4 is 11.9 Å². The van der Waals surface area contributed by atoms with Gasteiger partial charge in [-0.3, -0.25) is 9.69 Å². The van der Waals surface area contributed by atoms with E-state index in [0.717, 1.165) is 17.7 Å². The molecule has 1 aliphatic carbocycles. The Labute approximate surface area is 156 Å². The lowest BCUT2D eigenvalue weighted by Gasteiger charge is -2.39. The number of likely N-dealkylation sites (N-methyl/N-ethyl adjacent to an activating group) is 1. The van der Waals surface area contributed by atoms with Crippen LogP contribution >= 0.6 is 0 Å². The van der Waals surface area contributed by atoms with E-state index in [4.69, 9.17) is 4.74 Å². The van der Waals surface area contributed by atoms with Crippen molar-refractivity contribution in [2.75, 3.05) is 7.05 Å². The second-order valence-corrected chi connectivity index (χ2v) is 7.59. The summed E-state index contributed by atoms with van der Waals surface area (Å²) < 4.78 is 6.43. The Morgan fingerprint density at radius 3 is 2.33 bits per heavy atom. The van der Waals surface area contributed by atoms with Gasteiger partial charge in [0, 0.05) is 12.6 Å². The minimum absolute atomic E-state index is 0.0438. The molecule has 2 aromatic carbocycles. The third kappa shape index (κ3) is 1.95. The van der Waals surface area contributed by atoms with Crippen LogP contribution in [0.25, 0.3) is 0 Å². The quantitative estimate of drug-likeness (QED) is 0.704. The van der Waals surface area contributed by atoms with Crippen LogP contribution in [0.5, 0.6) is 11.5 Å². The number of nitrogens with one attached hydrogen (secondary N) is 1. The Bertz CT molecular complexity index is 959. The number of carbonyl (C=O) groups is 2. The number of rotatable bonds is 0. The van der Waals surface area contributed by atoms with Crippen molar-refractivity contribution in [3.8, 4) is 11.5 Å². The van der Waals surface area contributed by atoms with Crippen LogP contribution in [0.2, 0.25) is 0 Å². The van der Waals surface area contributed by atoms with Gasteiger partial charge in [-0.2, -0.15) is 0 Å². The second kappa shape index (κ2) is 5.25. The fourth-order valence-electron chi connectivity index (χ4n) is 4.89. The molecular formula is C21H20N2O4. The Hall–Kier alpha value is -3.02. The Morgan fingerprint density at radius 1 is 1.07 bits per heavy atom. The van der Waals surface area contributed by atoms with E-state index in [-0.39, 0.29) is 11.7 Å². The van der Waals surface area contributed by atoms with Gasteiger partial charge >= 0.3 is 6.03 Å². The Balaban J connectivity index is 1.69. The monoisotopic (exact) mass is 364 g/mol. The summed E-state index contributed by atoms with van der Waals surface area (Å²) in [6.07, 6.45) is 2.70. The number of phenols is 1. The number of nitrogens with zero attached hydrogens (tertiary/aromatic N) is 1. The van der Waals surface area contributed by atoms with Crippen molar-refractivity contribution in [3.63, 3.8) is 0 Å². The van der Waals surface area contributed by atoms with E-state index in [1.807, 2.05) is 12.1 Å². The number of hydrogen-bond acceptors (Lipinski definition) is 4. The first-order valence-electron chi connectivity index (χ1n) is 9.16. The van der Waals surface area contributed by atoms with Crippen molar-refractivity contribution in [2.24, 2.45) is 0 Å². The van der Waals surface area contributed by atoms with Gasteiger partial charge in [-0.15, -0.1) is 0 Å². The maximum absolute atomic E-state index is 13.4. The van der Waals surface area contributed by atoms with Gasteiger partial charge in [-0.05, 0) is 55.0 Å². The number of carbonyl (C=O) groups excluding carboxylic acids is 2. The van der Waals surface area contributed by atoms with Gasteiger partial charge in [-0.1, -0.05) is 24.3 Å². The highest BCUT2D eigenvalue weighted by Crippen LogP contribution is 2.55. The van der Waals surface area contributed by atoms with Crippen LogP contribution in [-0.2, 0) is 23.2 Å². The molecule has 0 bridgehead atoms. The fourth-order valence-corrected chi connectivity index (χ4v) is 4.89. The van der Waals surface area contributed by atoms with Crippen LogP contribution in [0, 0.1) is 0 Å². The molecule has 6 nitrogen and oxygen atoms in total. The summed E-state index contributed by atoms with van der Waals surface area (Å²) in [4.78, 5) is 26.9. The standard InChI is InChI=1S/C21H20N2O4/c1-23-18(25)21(22-19(23)26)16-12-15(24)6-7-17(16)27-20(21)10-8-13-4-2-3-5-14(13)9-11-20/h2-7,12,24H,8-11H2,1H3,(H,22,26). The van der Waals surface area contributed by atoms with Crippen LogP contribution in [0.3, 0.4) is 0 Å². The molecule has 0 radical (unpaired) electrons. The number of fused-ring (bicyclic) bond motifs is 4. The molecule has 2 aromatic rings. The summed E-state index contributed by atoms with van der Waals surface area (Å²) in [6, 6.07) is 12.6. The summed E-state index contributed by atoms with van der Waals surface area (Å²) in [6.45, 7) is 0. The molecular weight excluding hydrogens is 344 g/mol. The van der Waals surface area contributed by atoms with Crippen LogP contribution < -0.4 is 10.1 Å². The molecule has 2 heterocycles. The van der Waals surface area contributed by atoms with Crippen LogP contribution in [-0.4, -0.2) is 34.6 Å². The molecule has 0 aromatic heterocycles. The summed E-state index contributed by atoms with van der Waals surface area (Å²) >= 11 is 0. The van der Waals surface area contributed by atoms with Gasteiger partial charge in [0.25, 0.3) is 5.91 Å². The maximum Gasteiger partial charge on any atom is 0.325 e. The van der Waals surface area contributed by atoms with Crippen molar-refractivity contribution in [2.45, 2.75) is 36.8 Å². The number of hydrogen-bond donors (Lipinski definition) is 2. The zero-order chi connectivity index (χ0) is 18.8. The van der Waals surface area contributed by atoms with E-state index in [9.17, 15) is 14.7 Å². The van der Waals surface area contributed by atoms with Crippen LogP contribution in [0.15, 0.2) is 42.5 Å². The number of amides is 3. The van der Waals surface area contributed by atoms with E-state index in [0.29, 0.717) is 24.2 Å². The Morgan fingerprint density at radius 2 is 1.74 bits per heavy atom. The number of urea groups is 1. The van der Waals surface area contributed by atoms with Crippen molar-refractivity contribution in [1.29, 1.82) is 0 Å². The zero-order valence-electron chi connectivity index (χ0n) is 15.0. The van der Waals surface area contributed by atoms with Gasteiger partial charge in [0.1, 0.15) is 17.1 Å². The first-order valence-corrected chi connectivity index (χ1v) is 9.16. The largest absolute Gasteiger partial charge is 0.508 e. The first-order chi connectivity index (χ1) is 13.0. The van der Waals surface area contributed by atoms with E-state index in [1.165, 1.54) is 18.2 Å². The van der Waals surface area contributed by atoms with E-state index in [1.54, 1.807) is 18.2 Å². The number of aryl methyl sites for hydroxylation is 2. The minimum Gasteiger partial charge on any atom is -0.508 e. The third-order valence-electron chi connectivity index (χ3n) is 6.30. The summed E-state index contributed by atoms with van der Waals surface area (Å²) in [5.74, 6) is 0.257. The predicted molar refractivity (Wildman–Crippen MR) is 97.5 cm³/mol. The number of ether oxygens (including phenoxy) is 1. The van der Waals surface area contributed by atoms with Gasteiger partial charge in [0.2, 0.25) is 0 Å². The Kier molecular flexibility index (Phi) is 3.15. The summed E-state index contributed by atoms with van der Waals surface area (Å²) in [5, 5.41) is 13.0. The maximum atomic E-state index is 13.4. The predicted octanol–water partition coefficient (Wildman–Crippen LogP) is 2.48. The molecule has 27 heavy (non-hydrogen) atoms. The summed E-state index contributed by atoms with van der Waals surface area (Å²) in [7, 11) is 1.48. The molecule has 1 unspecified atom stereocenters. The third-order valence-corrected chi connectivity index (χ3v) is 6.30. The van der Waals surface area contributed by atoms with Gasteiger partial charge in [-0.25, -0.2) is 4.79 Å². The number of benzene rings is 2. The van der Waals surface area contributed by atoms with Crippen LogP contribution in [0.1, 0.15) is 29.5 Å². The smallest absolute Gasteiger partial charge is 0.325 e. The fraction of sp³-hybridized carbons (Fsp3) is 0.333. The van der Waals surface area contributed by atoms with Crippen LogP contribution in [0.4, 0.5) is 4.79 Å². The van der Waals surface area contributed by atoms with Gasteiger partial charge in [0.05, 0.1) is 0 Å². The van der Waals surface area contributed by atoms with Gasteiger partial charge < -0.3 is 15.2 Å². The number of imide groups is 1. The van der Waals surface area contributed by atoms with Gasteiger partial charge in [0.15, 0.2) is 5.54 Å². The van der Waals surface area contributed by atoms with Crippen molar-refractivity contribution in [1.82, 2.24) is 10.2 Å². The molecule has 3 amide bonds. The lowest BCUT2D eigenvalue weighted by Crippen LogP contribution is -2.61. The van der Waals surface area contributed by atoms with E-state index >= 15 is 0 Å². The number of phenolic OH excluding ortho intramolecular Hbond substituents is 1.